The van der Waals surface area contributed by atoms with Crippen LogP contribution < -0.4 is 5.32 Å². The molecule has 0 bridgehead atoms. The Bertz CT molecular complexity index is 1300. The van der Waals surface area contributed by atoms with E-state index in [1.165, 1.54) is 22.2 Å². The van der Waals surface area contributed by atoms with Gasteiger partial charge in [-0.15, -0.1) is 5.10 Å². The van der Waals surface area contributed by atoms with Crippen molar-refractivity contribution in [1.82, 2.24) is 24.6 Å². The average Bonchev–Trinajstić information content (AvgIpc) is 3.34. The molecule has 15 heteroatoms. The van der Waals surface area contributed by atoms with Gasteiger partial charge >= 0.3 is 6.18 Å². The van der Waals surface area contributed by atoms with Gasteiger partial charge in [-0.2, -0.15) is 17.5 Å². The molecule has 2 aromatic rings. The molecule has 8 nitrogen and oxygen atoms in total. The number of sulfonamides is 1. The van der Waals surface area contributed by atoms with Crippen LogP contribution in [0, 0.1) is 11.3 Å². The highest BCUT2D eigenvalue weighted by Crippen LogP contribution is 2.50. The Morgan fingerprint density at radius 1 is 1.13 bits per heavy atom. The zero-order valence-electron chi connectivity index (χ0n) is 21.1. The molecule has 1 N–H and O–H groups in total. The maximum absolute atomic E-state index is 14.1. The Labute approximate surface area is 221 Å². The van der Waals surface area contributed by atoms with Gasteiger partial charge in [0, 0.05) is 39.5 Å². The number of rotatable bonds is 7. The standard InChI is InChI=1S/C24H29F6N5O3S/c1-34-14-20(32-33-34)39(37,38)35-10-4-17(5-11-35)22(6-8-23(26,27)9-7-22)15-31-21(36)18-3-2-16(13-25)12-19(18)24(28,29)30/h2-3,12,14,17H,4-11,13,15H2,1H3,(H,31,36). The quantitative estimate of drug-likeness (QED) is 0.491. The van der Waals surface area contributed by atoms with Gasteiger partial charge in [0.05, 0.1) is 17.3 Å². The first-order chi connectivity index (χ1) is 18.2. The van der Waals surface area contributed by atoms with Crippen LogP contribution in [-0.4, -0.2) is 59.2 Å². The van der Waals surface area contributed by atoms with Gasteiger partial charge in [-0.05, 0) is 54.7 Å². The average molecular weight is 582 g/mol. The third-order valence-electron chi connectivity index (χ3n) is 7.87. The Balaban J connectivity index is 1.51. The maximum Gasteiger partial charge on any atom is 0.417 e. The number of carbonyl (C=O) groups is 1. The lowest BCUT2D eigenvalue weighted by Gasteiger charge is -2.48. The molecule has 4 rings (SSSR count). The summed E-state index contributed by atoms with van der Waals surface area (Å²) in [6.45, 7) is -1.09. The first-order valence-corrected chi connectivity index (χ1v) is 13.9. The van der Waals surface area contributed by atoms with Crippen molar-refractivity contribution < 1.29 is 39.6 Å². The van der Waals surface area contributed by atoms with Crippen LogP contribution in [0.1, 0.15) is 60.0 Å². The number of hydrogen-bond donors (Lipinski definition) is 1. The highest BCUT2D eigenvalue weighted by molar-refractivity contribution is 7.89. The molecule has 2 heterocycles. The molecule has 1 saturated carbocycles. The van der Waals surface area contributed by atoms with Crippen LogP contribution in [0.3, 0.4) is 0 Å². The van der Waals surface area contributed by atoms with Crippen molar-refractivity contribution in [1.29, 1.82) is 0 Å². The molecule has 216 valence electrons. The second-order valence-electron chi connectivity index (χ2n) is 10.3. The largest absolute Gasteiger partial charge is 0.417 e. The topological polar surface area (TPSA) is 97.2 Å². The monoisotopic (exact) mass is 581 g/mol. The molecule has 2 fully saturated rings. The van der Waals surface area contributed by atoms with Gasteiger partial charge in [-0.1, -0.05) is 11.3 Å². The third-order valence-corrected chi connectivity index (χ3v) is 9.63. The summed E-state index contributed by atoms with van der Waals surface area (Å²) < 4.78 is 110. The van der Waals surface area contributed by atoms with Gasteiger partial charge in [0.2, 0.25) is 10.9 Å². The number of hydrogen-bond acceptors (Lipinski definition) is 5. The molecule has 0 radical (unpaired) electrons. The van der Waals surface area contributed by atoms with Gasteiger partial charge in [-0.3, -0.25) is 9.48 Å². The highest BCUT2D eigenvalue weighted by atomic mass is 32.2. The number of piperidine rings is 1. The predicted octanol–water partition coefficient (Wildman–Crippen LogP) is 4.33. The van der Waals surface area contributed by atoms with Gasteiger partial charge in [0.25, 0.3) is 15.9 Å². The zero-order valence-corrected chi connectivity index (χ0v) is 22.0. The number of nitrogens with zero attached hydrogens (tertiary/aromatic N) is 4. The molecule has 39 heavy (non-hydrogen) atoms. The summed E-state index contributed by atoms with van der Waals surface area (Å²) in [6.07, 6.45) is -3.83. The second kappa shape index (κ2) is 10.7. The first kappa shape index (κ1) is 29.3. The van der Waals surface area contributed by atoms with E-state index in [1.54, 1.807) is 0 Å². The predicted molar refractivity (Wildman–Crippen MR) is 127 cm³/mol. The molecule has 1 aliphatic heterocycles. The van der Waals surface area contributed by atoms with Crippen LogP contribution in [-0.2, 0) is 29.9 Å². The minimum atomic E-state index is -4.90. The molecule has 1 saturated heterocycles. The smallest absolute Gasteiger partial charge is 0.351 e. The normalized spacial score (nSPS) is 20.6. The molecular weight excluding hydrogens is 552 g/mol. The highest BCUT2D eigenvalue weighted by Gasteiger charge is 2.49. The van der Waals surface area contributed by atoms with Crippen LogP contribution in [0.4, 0.5) is 26.3 Å². The van der Waals surface area contributed by atoms with Crippen LogP contribution in [0.2, 0.25) is 0 Å². The lowest BCUT2D eigenvalue weighted by Crippen LogP contribution is -2.50. The number of aryl methyl sites for hydroxylation is 1. The van der Waals surface area contributed by atoms with Crippen molar-refractivity contribution in [3.05, 3.63) is 41.1 Å². The summed E-state index contributed by atoms with van der Waals surface area (Å²) in [7, 11) is -2.37. The molecule has 0 unspecified atom stereocenters. The third kappa shape index (κ3) is 6.23. The van der Waals surface area contributed by atoms with Gasteiger partial charge < -0.3 is 5.32 Å². The Hall–Kier alpha value is -2.68. The number of halogens is 6. The molecular formula is C24H29F6N5O3S. The maximum atomic E-state index is 14.1. The van der Waals surface area contributed by atoms with Gasteiger partial charge in [0.1, 0.15) is 6.67 Å². The fraction of sp³-hybridized carbons (Fsp3) is 0.625. The summed E-state index contributed by atoms with van der Waals surface area (Å²) in [6, 6.07) is 2.58. The Kier molecular flexibility index (Phi) is 8.05. The van der Waals surface area contributed by atoms with E-state index in [0.29, 0.717) is 18.9 Å². The molecule has 1 amide bonds. The Morgan fingerprint density at radius 2 is 1.77 bits per heavy atom. The number of benzene rings is 1. The zero-order chi connectivity index (χ0) is 28.6. The fourth-order valence-corrected chi connectivity index (χ4v) is 6.97. The van der Waals surface area contributed by atoms with Crippen LogP contribution in [0.5, 0.6) is 0 Å². The summed E-state index contributed by atoms with van der Waals surface area (Å²) in [4.78, 5) is 12.9. The number of carbonyl (C=O) groups excluding carboxylic acids is 1. The van der Waals surface area contributed by atoms with E-state index < -0.39 is 64.1 Å². The number of aromatic nitrogens is 3. The summed E-state index contributed by atoms with van der Waals surface area (Å²) in [5.41, 5.74) is -3.03. The molecule has 1 aliphatic carbocycles. The van der Waals surface area contributed by atoms with Gasteiger partial charge in [0.15, 0.2) is 0 Å². The number of amides is 1. The van der Waals surface area contributed by atoms with E-state index in [0.717, 1.165) is 12.1 Å². The van der Waals surface area contributed by atoms with Crippen molar-refractivity contribution in [2.45, 2.75) is 62.3 Å². The number of alkyl halides is 6. The molecule has 0 atom stereocenters. The van der Waals surface area contributed by atoms with Crippen molar-refractivity contribution in [2.24, 2.45) is 18.4 Å². The van der Waals surface area contributed by atoms with E-state index in [4.69, 9.17) is 0 Å². The Morgan fingerprint density at radius 3 is 2.31 bits per heavy atom. The molecule has 2 aliphatic rings. The van der Waals surface area contributed by atoms with Crippen molar-refractivity contribution >= 4 is 15.9 Å². The van der Waals surface area contributed by atoms with Crippen LogP contribution >= 0.6 is 0 Å². The van der Waals surface area contributed by atoms with Crippen LogP contribution in [0.25, 0.3) is 0 Å². The second-order valence-corrected chi connectivity index (χ2v) is 12.2. The SMILES string of the molecule is Cn1cc(S(=O)(=O)N2CCC(C3(CNC(=O)c4ccc(CF)cc4C(F)(F)F)CCC(F)(F)CC3)CC2)nn1. The van der Waals surface area contributed by atoms with Gasteiger partial charge in [-0.25, -0.2) is 21.6 Å². The van der Waals surface area contributed by atoms with E-state index in [1.807, 2.05) is 0 Å². The summed E-state index contributed by atoms with van der Waals surface area (Å²) in [5.74, 6) is -4.18. The minimum absolute atomic E-state index is 0.0226. The van der Waals surface area contributed by atoms with E-state index >= 15 is 0 Å². The van der Waals surface area contributed by atoms with E-state index in [-0.39, 0.29) is 49.0 Å². The fourth-order valence-electron chi connectivity index (χ4n) is 5.59. The summed E-state index contributed by atoms with van der Waals surface area (Å²) in [5, 5.41) is 9.63. The van der Waals surface area contributed by atoms with Crippen molar-refractivity contribution in [2.75, 3.05) is 19.6 Å². The van der Waals surface area contributed by atoms with E-state index in [9.17, 15) is 39.6 Å². The summed E-state index contributed by atoms with van der Waals surface area (Å²) >= 11 is 0. The lowest BCUT2D eigenvalue weighted by molar-refractivity contribution is -0.138. The number of nitrogens with one attached hydrogen (secondary N) is 1. The first-order valence-electron chi connectivity index (χ1n) is 12.5. The lowest BCUT2D eigenvalue weighted by atomic mass is 9.62. The van der Waals surface area contributed by atoms with Crippen molar-refractivity contribution in [3.8, 4) is 0 Å². The van der Waals surface area contributed by atoms with Crippen molar-refractivity contribution in [3.63, 3.8) is 0 Å². The molecule has 1 aromatic heterocycles. The molecule has 0 spiro atoms. The van der Waals surface area contributed by atoms with Crippen LogP contribution in [0.15, 0.2) is 29.4 Å². The minimum Gasteiger partial charge on any atom is -0.351 e. The van der Waals surface area contributed by atoms with E-state index in [2.05, 4.69) is 15.6 Å². The molecule has 1 aromatic carbocycles.